The Labute approximate surface area is 487 Å². The summed E-state index contributed by atoms with van der Waals surface area (Å²) in [6, 6.07) is 0. The zero-order valence-electron chi connectivity index (χ0n) is 51.3. The molecule has 0 amide bonds. The van der Waals surface area contributed by atoms with Gasteiger partial charge in [-0.05, 0) is 135 Å². The molecule has 0 saturated carbocycles. The van der Waals surface area contributed by atoms with Gasteiger partial charge in [0.15, 0.2) is 6.10 Å². The van der Waals surface area contributed by atoms with Crippen LogP contribution in [0, 0.1) is 0 Å². The van der Waals surface area contributed by atoms with E-state index in [1.807, 2.05) is 0 Å². The standard InChI is InChI=1S/C73H120O6/c1-4-7-10-13-16-19-22-25-27-29-31-32-33-34-35-36-37-38-39-40-42-43-45-48-51-54-57-60-63-66-72(75)78-69-70(68-77-71(74)65-62-59-56-53-50-47-24-21-18-15-12-9-6-3)79-73(76)67-64-61-58-55-52-49-46-44-41-30-28-26-23-20-17-14-11-8-5-2/h7,10,12,15-17,19-21,24-28,31-32,34-35,37-38,41,44,70H,4-6,8-9,11,13-14,18,22-23,29-30,33,36,39-40,42-43,45-69H2,1-3H3/b10-7-,15-12-,19-16-,20-17-,24-21-,27-25-,28-26-,32-31-,35-34-,38-37-,44-41-. The largest absolute Gasteiger partial charge is 0.462 e. The van der Waals surface area contributed by atoms with Crippen LogP contribution < -0.4 is 0 Å². The maximum atomic E-state index is 12.9. The first-order chi connectivity index (χ1) is 39.0. The quantitative estimate of drug-likeness (QED) is 0.0261. The van der Waals surface area contributed by atoms with Gasteiger partial charge in [0.1, 0.15) is 13.2 Å². The van der Waals surface area contributed by atoms with E-state index in [2.05, 4.69) is 154 Å². The lowest BCUT2D eigenvalue weighted by Crippen LogP contribution is -2.30. The monoisotopic (exact) mass is 1090 g/mol. The summed E-state index contributed by atoms with van der Waals surface area (Å²) in [6.07, 6.45) is 93.1. The molecule has 0 aromatic rings. The second-order valence-electron chi connectivity index (χ2n) is 21.3. The number of rotatable bonds is 58. The highest BCUT2D eigenvalue weighted by atomic mass is 16.6. The Morgan fingerprint density at radius 2 is 0.519 bits per heavy atom. The summed E-state index contributed by atoms with van der Waals surface area (Å²) in [4.78, 5) is 38.3. The normalized spacial score (nSPS) is 13.0. The molecule has 6 nitrogen and oxygen atoms in total. The summed E-state index contributed by atoms with van der Waals surface area (Å²) in [6.45, 7) is 6.42. The first-order valence-corrected chi connectivity index (χ1v) is 32.7. The third-order valence-corrected chi connectivity index (χ3v) is 13.6. The van der Waals surface area contributed by atoms with Gasteiger partial charge in [0.05, 0.1) is 0 Å². The number of unbranched alkanes of at least 4 members (excludes halogenated alkanes) is 25. The van der Waals surface area contributed by atoms with Gasteiger partial charge in [0.25, 0.3) is 0 Å². The van der Waals surface area contributed by atoms with Crippen LogP contribution in [0.2, 0.25) is 0 Å². The van der Waals surface area contributed by atoms with Crippen molar-refractivity contribution in [3.05, 3.63) is 134 Å². The Morgan fingerprint density at radius 1 is 0.266 bits per heavy atom. The summed E-state index contributed by atoms with van der Waals surface area (Å²) in [5.41, 5.74) is 0. The maximum absolute atomic E-state index is 12.9. The first kappa shape index (κ1) is 74.5. The van der Waals surface area contributed by atoms with Crippen LogP contribution in [0.5, 0.6) is 0 Å². The minimum absolute atomic E-state index is 0.0933. The minimum atomic E-state index is -0.798. The topological polar surface area (TPSA) is 78.9 Å². The fourth-order valence-electron chi connectivity index (χ4n) is 8.73. The van der Waals surface area contributed by atoms with Gasteiger partial charge in [-0.25, -0.2) is 0 Å². The highest BCUT2D eigenvalue weighted by Crippen LogP contribution is 2.15. The molecule has 0 fully saturated rings. The van der Waals surface area contributed by atoms with Crippen molar-refractivity contribution >= 4 is 17.9 Å². The predicted octanol–water partition coefficient (Wildman–Crippen LogP) is 22.5. The van der Waals surface area contributed by atoms with Gasteiger partial charge in [-0.2, -0.15) is 0 Å². The molecular formula is C73H120O6. The van der Waals surface area contributed by atoms with E-state index in [-0.39, 0.29) is 31.1 Å². The third-order valence-electron chi connectivity index (χ3n) is 13.6. The van der Waals surface area contributed by atoms with Gasteiger partial charge in [-0.1, -0.05) is 270 Å². The van der Waals surface area contributed by atoms with Crippen LogP contribution in [0.1, 0.15) is 290 Å². The Morgan fingerprint density at radius 3 is 0.823 bits per heavy atom. The molecule has 0 aliphatic heterocycles. The maximum Gasteiger partial charge on any atom is 0.306 e. The summed E-state index contributed by atoms with van der Waals surface area (Å²) >= 11 is 0. The highest BCUT2D eigenvalue weighted by molar-refractivity contribution is 5.71. The van der Waals surface area contributed by atoms with Gasteiger partial charge in [-0.3, -0.25) is 14.4 Å². The third kappa shape index (κ3) is 64.3. The lowest BCUT2D eigenvalue weighted by atomic mass is 10.1. The summed E-state index contributed by atoms with van der Waals surface area (Å²) in [5.74, 6) is -0.922. The van der Waals surface area contributed by atoms with E-state index in [1.54, 1.807) is 0 Å². The minimum Gasteiger partial charge on any atom is -0.462 e. The van der Waals surface area contributed by atoms with Gasteiger partial charge in [-0.15, -0.1) is 0 Å². The molecule has 1 unspecified atom stereocenters. The highest BCUT2D eigenvalue weighted by Gasteiger charge is 2.19. The second kappa shape index (κ2) is 66.1. The van der Waals surface area contributed by atoms with E-state index in [9.17, 15) is 14.4 Å². The van der Waals surface area contributed by atoms with E-state index in [1.165, 1.54) is 96.3 Å². The van der Waals surface area contributed by atoms with E-state index < -0.39 is 6.10 Å². The first-order valence-electron chi connectivity index (χ1n) is 32.7. The van der Waals surface area contributed by atoms with Crippen LogP contribution in [0.15, 0.2) is 134 Å². The van der Waals surface area contributed by atoms with Crippen molar-refractivity contribution in [1.82, 2.24) is 0 Å². The summed E-state index contributed by atoms with van der Waals surface area (Å²) in [7, 11) is 0. The smallest absolute Gasteiger partial charge is 0.306 e. The number of allylic oxidation sites excluding steroid dienone is 22. The van der Waals surface area contributed by atoms with Gasteiger partial charge in [0.2, 0.25) is 0 Å². The zero-order chi connectivity index (χ0) is 57.1. The zero-order valence-corrected chi connectivity index (χ0v) is 51.3. The van der Waals surface area contributed by atoms with Crippen molar-refractivity contribution < 1.29 is 28.6 Å². The Balaban J connectivity index is 4.34. The number of ether oxygens (including phenoxy) is 3. The van der Waals surface area contributed by atoms with Crippen LogP contribution in [0.3, 0.4) is 0 Å². The van der Waals surface area contributed by atoms with Gasteiger partial charge in [0, 0.05) is 19.3 Å². The molecule has 0 bridgehead atoms. The molecule has 6 heteroatoms. The number of carbonyl (C=O) groups excluding carboxylic acids is 3. The second-order valence-corrected chi connectivity index (χ2v) is 21.3. The molecule has 0 radical (unpaired) electrons. The molecule has 448 valence electrons. The fraction of sp³-hybridized carbons (Fsp3) is 0.658. The van der Waals surface area contributed by atoms with Crippen molar-refractivity contribution in [3.8, 4) is 0 Å². The lowest BCUT2D eigenvalue weighted by Gasteiger charge is -2.18. The molecule has 0 aromatic carbocycles. The Bertz CT molecular complexity index is 1680. The Hall–Kier alpha value is -4.45. The number of esters is 3. The molecule has 0 aromatic heterocycles. The van der Waals surface area contributed by atoms with Crippen molar-refractivity contribution in [3.63, 3.8) is 0 Å². The van der Waals surface area contributed by atoms with E-state index >= 15 is 0 Å². The molecular weight excluding hydrogens is 973 g/mol. The number of carbonyl (C=O) groups is 3. The van der Waals surface area contributed by atoms with Crippen molar-refractivity contribution in [2.45, 2.75) is 297 Å². The fourth-order valence-corrected chi connectivity index (χ4v) is 8.73. The van der Waals surface area contributed by atoms with Crippen LogP contribution in [0.4, 0.5) is 0 Å². The van der Waals surface area contributed by atoms with E-state index in [0.29, 0.717) is 19.3 Å². The average molecular weight is 1090 g/mol. The van der Waals surface area contributed by atoms with Crippen LogP contribution in [-0.2, 0) is 28.6 Å². The average Bonchev–Trinajstić information content (AvgIpc) is 3.45. The van der Waals surface area contributed by atoms with Crippen molar-refractivity contribution in [2.75, 3.05) is 13.2 Å². The molecule has 0 aliphatic rings. The number of hydrogen-bond acceptors (Lipinski definition) is 6. The molecule has 1 atom stereocenters. The molecule has 0 aliphatic carbocycles. The molecule has 0 rings (SSSR count). The SMILES string of the molecule is CC/C=C\C/C=C\C/C=C\C/C=C\C/C=C\C/C=C\CCCCCCCCCCCCC(=O)OCC(COC(=O)CCCCCCC/C=C\C/C=C\CCC)OC(=O)CCCCCCCC/C=C\C/C=C\C/C=C\CCCCC. The summed E-state index contributed by atoms with van der Waals surface area (Å²) in [5, 5.41) is 0. The van der Waals surface area contributed by atoms with Crippen LogP contribution in [-0.4, -0.2) is 37.2 Å². The number of hydrogen-bond donors (Lipinski definition) is 0. The Kier molecular flexibility index (Phi) is 62.3. The summed E-state index contributed by atoms with van der Waals surface area (Å²) < 4.78 is 16.9. The van der Waals surface area contributed by atoms with E-state index in [0.717, 1.165) is 154 Å². The molecule has 0 spiro atoms. The molecule has 0 heterocycles. The lowest BCUT2D eigenvalue weighted by molar-refractivity contribution is -0.167. The van der Waals surface area contributed by atoms with Gasteiger partial charge >= 0.3 is 17.9 Å². The van der Waals surface area contributed by atoms with Gasteiger partial charge < -0.3 is 14.2 Å². The van der Waals surface area contributed by atoms with Crippen LogP contribution in [0.25, 0.3) is 0 Å². The van der Waals surface area contributed by atoms with Crippen LogP contribution >= 0.6 is 0 Å². The molecule has 0 N–H and O–H groups in total. The predicted molar refractivity (Wildman–Crippen MR) is 343 cm³/mol. The molecule has 0 saturated heterocycles. The van der Waals surface area contributed by atoms with Crippen molar-refractivity contribution in [2.24, 2.45) is 0 Å². The van der Waals surface area contributed by atoms with Crippen molar-refractivity contribution in [1.29, 1.82) is 0 Å². The van der Waals surface area contributed by atoms with E-state index in [4.69, 9.17) is 14.2 Å². The molecule has 79 heavy (non-hydrogen) atoms.